The predicted octanol–water partition coefficient (Wildman–Crippen LogP) is 3.38. The molecule has 0 saturated carbocycles. The van der Waals surface area contributed by atoms with E-state index in [2.05, 4.69) is 71.5 Å². The maximum absolute atomic E-state index is 4.58. The smallest absolute Gasteiger partial charge is 0.126 e. The van der Waals surface area contributed by atoms with Gasteiger partial charge in [0.05, 0.1) is 0 Å². The fourth-order valence-electron chi connectivity index (χ4n) is 3.06. The first-order valence-corrected chi connectivity index (χ1v) is 7.67. The predicted molar refractivity (Wildman–Crippen MR) is 87.5 cm³/mol. The normalized spacial score (nSPS) is 18.9. The van der Waals surface area contributed by atoms with Gasteiger partial charge in [0.25, 0.3) is 0 Å². The molecule has 1 aromatic carbocycles. The molecule has 1 N–H and O–H groups in total. The number of anilines is 1. The second kappa shape index (κ2) is 6.27. The number of hydrogen-bond donors (Lipinski definition) is 1. The highest BCUT2D eigenvalue weighted by Gasteiger charge is 2.22. The largest absolute Gasteiger partial charge is 0.366 e. The van der Waals surface area contributed by atoms with Crippen LogP contribution < -0.4 is 5.32 Å². The van der Waals surface area contributed by atoms with Crippen LogP contribution in [-0.4, -0.2) is 29.0 Å². The summed E-state index contributed by atoms with van der Waals surface area (Å²) in [5.74, 6) is 1.01. The number of aryl methyl sites for hydroxylation is 2. The first-order valence-electron chi connectivity index (χ1n) is 7.67. The molecule has 0 bridgehead atoms. The second-order valence-corrected chi connectivity index (χ2v) is 6.02. The van der Waals surface area contributed by atoms with Crippen LogP contribution in [0, 0.1) is 13.8 Å². The molecule has 3 nitrogen and oxygen atoms in total. The van der Waals surface area contributed by atoms with Gasteiger partial charge in [-0.1, -0.05) is 30.3 Å². The van der Waals surface area contributed by atoms with E-state index in [0.717, 1.165) is 31.1 Å². The molecule has 1 aromatic heterocycles. The van der Waals surface area contributed by atoms with Gasteiger partial charge >= 0.3 is 0 Å². The van der Waals surface area contributed by atoms with E-state index in [1.165, 1.54) is 17.5 Å². The van der Waals surface area contributed by atoms with Crippen LogP contribution in [0.3, 0.4) is 0 Å². The van der Waals surface area contributed by atoms with Gasteiger partial charge < -0.3 is 5.32 Å². The molecule has 0 amide bonds. The van der Waals surface area contributed by atoms with Gasteiger partial charge in [0.2, 0.25) is 0 Å². The third-order valence-corrected chi connectivity index (χ3v) is 3.97. The van der Waals surface area contributed by atoms with Crippen LogP contribution in [0.1, 0.15) is 23.2 Å². The number of hydrogen-bond acceptors (Lipinski definition) is 3. The van der Waals surface area contributed by atoms with Crippen LogP contribution >= 0.6 is 0 Å². The summed E-state index contributed by atoms with van der Waals surface area (Å²) in [5, 5.41) is 3.59. The molecule has 1 aliphatic rings. The first-order chi connectivity index (χ1) is 10.2. The highest BCUT2D eigenvalue weighted by atomic mass is 15.2. The van der Waals surface area contributed by atoms with Gasteiger partial charge in [-0.3, -0.25) is 4.90 Å². The number of nitrogens with one attached hydrogen (secondary N) is 1. The number of likely N-dealkylation sites (tertiary alicyclic amines) is 1. The van der Waals surface area contributed by atoms with Crippen LogP contribution in [-0.2, 0) is 6.54 Å². The average molecular weight is 281 g/mol. The molecule has 2 heterocycles. The number of rotatable bonds is 4. The lowest BCUT2D eigenvalue weighted by Crippen LogP contribution is -2.26. The fourth-order valence-corrected chi connectivity index (χ4v) is 3.06. The van der Waals surface area contributed by atoms with Gasteiger partial charge in [-0.15, -0.1) is 0 Å². The average Bonchev–Trinajstić information content (AvgIpc) is 2.86. The number of pyridine rings is 1. The molecule has 0 unspecified atom stereocenters. The van der Waals surface area contributed by atoms with Crippen molar-refractivity contribution >= 4 is 5.82 Å². The van der Waals surface area contributed by atoms with E-state index < -0.39 is 0 Å². The monoisotopic (exact) mass is 281 g/mol. The zero-order chi connectivity index (χ0) is 14.7. The summed E-state index contributed by atoms with van der Waals surface area (Å²) in [4.78, 5) is 7.09. The molecule has 0 spiro atoms. The van der Waals surface area contributed by atoms with E-state index in [1.807, 2.05) is 0 Å². The summed E-state index contributed by atoms with van der Waals surface area (Å²) < 4.78 is 0. The topological polar surface area (TPSA) is 28.2 Å². The Bertz CT molecular complexity index is 574. The van der Waals surface area contributed by atoms with Gasteiger partial charge in [-0.05, 0) is 43.5 Å². The minimum Gasteiger partial charge on any atom is -0.366 e. The lowest BCUT2D eigenvalue weighted by molar-refractivity contribution is 0.328. The van der Waals surface area contributed by atoms with Gasteiger partial charge in [0.15, 0.2) is 0 Å². The van der Waals surface area contributed by atoms with Crippen molar-refractivity contribution in [1.82, 2.24) is 9.88 Å². The Morgan fingerprint density at radius 3 is 2.76 bits per heavy atom. The van der Waals surface area contributed by atoms with Gasteiger partial charge in [-0.2, -0.15) is 0 Å². The van der Waals surface area contributed by atoms with E-state index in [4.69, 9.17) is 0 Å². The number of benzene rings is 1. The maximum Gasteiger partial charge on any atom is 0.126 e. The molecular formula is C18H23N3. The molecule has 1 aliphatic heterocycles. The van der Waals surface area contributed by atoms with E-state index in [0.29, 0.717) is 6.04 Å². The van der Waals surface area contributed by atoms with Crippen molar-refractivity contribution in [1.29, 1.82) is 0 Å². The summed E-state index contributed by atoms with van der Waals surface area (Å²) in [6.45, 7) is 7.45. The molecule has 1 fully saturated rings. The van der Waals surface area contributed by atoms with Crippen molar-refractivity contribution in [3.05, 3.63) is 59.3 Å². The molecule has 3 rings (SSSR count). The molecule has 3 heteroatoms. The summed E-state index contributed by atoms with van der Waals surface area (Å²) in [6, 6.07) is 15.4. The Hall–Kier alpha value is -1.87. The highest BCUT2D eigenvalue weighted by molar-refractivity contribution is 5.40. The van der Waals surface area contributed by atoms with E-state index in [-0.39, 0.29) is 0 Å². The number of aromatic nitrogens is 1. The van der Waals surface area contributed by atoms with E-state index in [9.17, 15) is 0 Å². The third-order valence-electron chi connectivity index (χ3n) is 3.97. The fraction of sp³-hybridized carbons (Fsp3) is 0.389. The second-order valence-electron chi connectivity index (χ2n) is 6.02. The Morgan fingerprint density at radius 2 is 2.00 bits per heavy atom. The molecule has 0 aliphatic carbocycles. The minimum atomic E-state index is 0.502. The quantitative estimate of drug-likeness (QED) is 0.931. The molecule has 0 radical (unpaired) electrons. The zero-order valence-corrected chi connectivity index (χ0v) is 12.8. The molecule has 21 heavy (non-hydrogen) atoms. The van der Waals surface area contributed by atoms with Crippen LogP contribution in [0.2, 0.25) is 0 Å². The van der Waals surface area contributed by atoms with Crippen LogP contribution in [0.4, 0.5) is 5.82 Å². The Labute approximate surface area is 127 Å². The van der Waals surface area contributed by atoms with Gasteiger partial charge in [0, 0.05) is 31.4 Å². The summed E-state index contributed by atoms with van der Waals surface area (Å²) in [6.07, 6.45) is 1.18. The summed E-state index contributed by atoms with van der Waals surface area (Å²) in [5.41, 5.74) is 3.74. The first kappa shape index (κ1) is 14.1. The third kappa shape index (κ3) is 3.82. The van der Waals surface area contributed by atoms with Crippen molar-refractivity contribution in [3.8, 4) is 0 Å². The van der Waals surface area contributed by atoms with Gasteiger partial charge in [0.1, 0.15) is 5.82 Å². The maximum atomic E-state index is 4.58. The highest BCUT2D eigenvalue weighted by Crippen LogP contribution is 2.18. The van der Waals surface area contributed by atoms with E-state index >= 15 is 0 Å². The molecule has 1 atom stereocenters. The van der Waals surface area contributed by atoms with Crippen molar-refractivity contribution in [2.24, 2.45) is 0 Å². The Kier molecular flexibility index (Phi) is 4.20. The minimum absolute atomic E-state index is 0.502. The van der Waals surface area contributed by atoms with Crippen LogP contribution in [0.25, 0.3) is 0 Å². The molecule has 2 aromatic rings. The van der Waals surface area contributed by atoms with Crippen molar-refractivity contribution in [3.63, 3.8) is 0 Å². The van der Waals surface area contributed by atoms with E-state index in [1.54, 1.807) is 0 Å². The lowest BCUT2D eigenvalue weighted by Gasteiger charge is -2.17. The van der Waals surface area contributed by atoms with Crippen molar-refractivity contribution in [2.45, 2.75) is 32.9 Å². The molecular weight excluding hydrogens is 258 g/mol. The Balaban J connectivity index is 1.57. The van der Waals surface area contributed by atoms with Gasteiger partial charge in [-0.25, -0.2) is 4.98 Å². The van der Waals surface area contributed by atoms with Crippen molar-refractivity contribution in [2.75, 3.05) is 18.4 Å². The SMILES string of the molecule is Cc1cc(C)nc(N[C@H]2CCN(Cc3ccccc3)C2)c1. The van der Waals surface area contributed by atoms with Crippen LogP contribution in [0.5, 0.6) is 0 Å². The Morgan fingerprint density at radius 1 is 1.19 bits per heavy atom. The van der Waals surface area contributed by atoms with Crippen molar-refractivity contribution < 1.29 is 0 Å². The summed E-state index contributed by atoms with van der Waals surface area (Å²) >= 11 is 0. The lowest BCUT2D eigenvalue weighted by atomic mass is 10.2. The standard InChI is InChI=1S/C18H23N3/c1-14-10-15(2)19-18(11-14)20-17-8-9-21(13-17)12-16-6-4-3-5-7-16/h3-7,10-11,17H,8-9,12-13H2,1-2H3,(H,19,20)/t17-/m0/s1. The number of nitrogens with zero attached hydrogens (tertiary/aromatic N) is 2. The summed E-state index contributed by atoms with van der Waals surface area (Å²) in [7, 11) is 0. The molecule has 1 saturated heterocycles. The van der Waals surface area contributed by atoms with Crippen LogP contribution in [0.15, 0.2) is 42.5 Å². The zero-order valence-electron chi connectivity index (χ0n) is 12.8. The molecule has 110 valence electrons.